The molecular formula is C29H33N3O5. The first-order valence-corrected chi connectivity index (χ1v) is 13.6. The lowest BCUT2D eigenvalue weighted by molar-refractivity contribution is -0.0647. The number of nitrogens with zero attached hydrogens (tertiary/aromatic N) is 1. The van der Waals surface area contributed by atoms with Gasteiger partial charge in [0.15, 0.2) is 11.5 Å². The Hall–Kier alpha value is -3.26. The second-order valence-electron chi connectivity index (χ2n) is 11.6. The highest BCUT2D eigenvalue weighted by molar-refractivity contribution is 5.94. The number of phenols is 1. The molecule has 2 aromatic rings. The fourth-order valence-corrected chi connectivity index (χ4v) is 7.88. The maximum Gasteiger partial charge on any atom is 0.404 e. The Morgan fingerprint density at radius 3 is 2.81 bits per heavy atom. The van der Waals surface area contributed by atoms with Crippen molar-refractivity contribution in [1.82, 2.24) is 15.5 Å². The van der Waals surface area contributed by atoms with Gasteiger partial charge in [0.1, 0.15) is 6.10 Å². The number of amides is 2. The van der Waals surface area contributed by atoms with E-state index in [0.717, 1.165) is 43.7 Å². The Labute approximate surface area is 216 Å². The van der Waals surface area contributed by atoms with Gasteiger partial charge in [-0.25, -0.2) is 4.79 Å². The zero-order chi connectivity index (χ0) is 25.3. The summed E-state index contributed by atoms with van der Waals surface area (Å²) in [5.41, 5.74) is 3.54. The Balaban J connectivity index is 1.18. The second kappa shape index (κ2) is 8.38. The Kier molecular flexibility index (Phi) is 5.19. The number of piperidine rings is 1. The lowest BCUT2D eigenvalue weighted by atomic mass is 9.51. The number of aromatic hydroxyl groups is 1. The van der Waals surface area contributed by atoms with E-state index in [1.165, 1.54) is 30.5 Å². The van der Waals surface area contributed by atoms with Crippen molar-refractivity contribution in [3.8, 4) is 11.5 Å². The second-order valence-corrected chi connectivity index (χ2v) is 11.6. The van der Waals surface area contributed by atoms with Crippen LogP contribution in [0.5, 0.6) is 11.5 Å². The average molecular weight is 504 g/mol. The molecular weight excluding hydrogens is 470 g/mol. The van der Waals surface area contributed by atoms with Gasteiger partial charge in [-0.15, -0.1) is 0 Å². The van der Waals surface area contributed by atoms with Crippen molar-refractivity contribution >= 4 is 12.0 Å². The fourth-order valence-electron chi connectivity index (χ4n) is 7.88. The minimum Gasteiger partial charge on any atom is -0.504 e. The Bertz CT molecular complexity index is 1280. The first-order valence-electron chi connectivity index (χ1n) is 13.6. The van der Waals surface area contributed by atoms with Crippen LogP contribution in [0.2, 0.25) is 0 Å². The van der Waals surface area contributed by atoms with Crippen molar-refractivity contribution in [3.63, 3.8) is 0 Å². The van der Waals surface area contributed by atoms with Crippen LogP contribution in [-0.2, 0) is 18.4 Å². The van der Waals surface area contributed by atoms with E-state index in [1.54, 1.807) is 30.3 Å². The topological polar surface area (TPSA) is 111 Å². The number of carbonyl (C=O) groups excluding carboxylic acids is 1. The molecule has 3 aliphatic carbocycles. The van der Waals surface area contributed by atoms with Gasteiger partial charge in [0.2, 0.25) is 0 Å². The molecule has 5 aliphatic rings. The van der Waals surface area contributed by atoms with Crippen LogP contribution >= 0.6 is 0 Å². The van der Waals surface area contributed by atoms with E-state index < -0.39 is 6.09 Å². The molecule has 0 aromatic heterocycles. The van der Waals surface area contributed by atoms with E-state index in [9.17, 15) is 14.7 Å². The number of nitrogens with one attached hydrogen (secondary N) is 2. The number of hydrogen-bond donors (Lipinski definition) is 4. The summed E-state index contributed by atoms with van der Waals surface area (Å²) in [6.07, 6.45) is 5.24. The number of phenolic OH excluding ortho intramolecular Hbond substituents is 1. The standard InChI is InChI=1S/C29H33N3O5/c33-23-9-6-18-13-22-20-7-8-21(31-27(34)19-3-1-2-17(12-19)14-30-28(35)36)26-29(20,24(18)25(23)37-26)10-11-32(22)15-16-4-5-16/h1-3,6,9,12,16,20-22,26,30,33H,4-5,7-8,10-11,13-15H2,(H,31,34)(H,35,36)/t20?,21-,22?,26?,29+/m1/s1. The summed E-state index contributed by atoms with van der Waals surface area (Å²) in [5, 5.41) is 25.3. The lowest BCUT2D eigenvalue weighted by Crippen LogP contribution is -2.69. The van der Waals surface area contributed by atoms with Crippen molar-refractivity contribution in [2.75, 3.05) is 13.1 Å². The summed E-state index contributed by atoms with van der Waals surface area (Å²) in [5.74, 6) is 1.95. The van der Waals surface area contributed by atoms with Gasteiger partial charge >= 0.3 is 6.09 Å². The molecule has 1 saturated heterocycles. The molecule has 2 bridgehead atoms. The van der Waals surface area contributed by atoms with E-state index in [1.807, 2.05) is 0 Å². The third-order valence-electron chi connectivity index (χ3n) is 9.57. The fraction of sp³-hybridized carbons (Fsp3) is 0.517. The minimum absolute atomic E-state index is 0.145. The highest BCUT2D eigenvalue weighted by atomic mass is 16.5. The van der Waals surface area contributed by atoms with Crippen molar-refractivity contribution in [3.05, 3.63) is 58.7 Å². The van der Waals surface area contributed by atoms with Crippen LogP contribution in [0.25, 0.3) is 0 Å². The van der Waals surface area contributed by atoms with Crippen LogP contribution in [0.3, 0.4) is 0 Å². The largest absolute Gasteiger partial charge is 0.504 e. The summed E-state index contributed by atoms with van der Waals surface area (Å²) < 4.78 is 6.62. The predicted molar refractivity (Wildman–Crippen MR) is 136 cm³/mol. The van der Waals surface area contributed by atoms with E-state index in [4.69, 9.17) is 9.84 Å². The number of ether oxygens (including phenoxy) is 1. The molecule has 7 rings (SSSR count). The molecule has 2 aromatic carbocycles. The highest BCUT2D eigenvalue weighted by Crippen LogP contribution is 2.64. The van der Waals surface area contributed by atoms with Crippen molar-refractivity contribution in [1.29, 1.82) is 0 Å². The number of carbonyl (C=O) groups is 2. The number of rotatable bonds is 6. The lowest BCUT2D eigenvalue weighted by Gasteiger charge is -2.59. The zero-order valence-electron chi connectivity index (χ0n) is 20.8. The molecule has 8 heteroatoms. The third-order valence-corrected chi connectivity index (χ3v) is 9.57. The molecule has 1 spiro atoms. The van der Waals surface area contributed by atoms with Gasteiger partial charge in [-0.2, -0.15) is 0 Å². The number of likely N-dealkylation sites (tertiary alicyclic amines) is 1. The van der Waals surface area contributed by atoms with E-state index in [0.29, 0.717) is 23.3 Å². The van der Waals surface area contributed by atoms with Crippen LogP contribution in [0.1, 0.15) is 59.2 Å². The first-order chi connectivity index (χ1) is 17.9. The molecule has 2 saturated carbocycles. The first kappa shape index (κ1) is 22.9. The number of hydrogen-bond acceptors (Lipinski definition) is 5. The van der Waals surface area contributed by atoms with Crippen LogP contribution < -0.4 is 15.4 Å². The summed E-state index contributed by atoms with van der Waals surface area (Å²) in [7, 11) is 0. The maximum atomic E-state index is 13.4. The summed E-state index contributed by atoms with van der Waals surface area (Å²) in [6.45, 7) is 2.37. The van der Waals surface area contributed by atoms with Gasteiger partial charge in [0.25, 0.3) is 5.91 Å². The van der Waals surface area contributed by atoms with E-state index in [2.05, 4.69) is 21.6 Å². The van der Waals surface area contributed by atoms with Gasteiger partial charge < -0.3 is 25.6 Å². The number of benzene rings is 2. The minimum atomic E-state index is -1.10. The SMILES string of the molecule is O=C(O)NCc1cccc(C(=O)N[C@@H]2CCC3C4Cc5ccc(O)c6c5[C@@]3(CCN4CC3CC3)C2O6)c1. The molecule has 4 N–H and O–H groups in total. The molecule has 194 valence electrons. The average Bonchev–Trinajstić information content (AvgIpc) is 3.64. The molecule has 2 amide bonds. The van der Waals surface area contributed by atoms with Crippen molar-refractivity contribution in [2.45, 2.75) is 68.7 Å². The third kappa shape index (κ3) is 3.60. The Morgan fingerprint density at radius 2 is 2.00 bits per heavy atom. The van der Waals surface area contributed by atoms with Crippen LogP contribution in [0.15, 0.2) is 36.4 Å². The van der Waals surface area contributed by atoms with Crippen molar-refractivity contribution in [2.24, 2.45) is 11.8 Å². The van der Waals surface area contributed by atoms with E-state index >= 15 is 0 Å². The molecule has 3 unspecified atom stereocenters. The molecule has 5 atom stereocenters. The monoisotopic (exact) mass is 503 g/mol. The summed E-state index contributed by atoms with van der Waals surface area (Å²) in [4.78, 5) is 27.0. The predicted octanol–water partition coefficient (Wildman–Crippen LogP) is 3.41. The van der Waals surface area contributed by atoms with Gasteiger partial charge in [-0.05, 0) is 86.2 Å². The molecule has 8 nitrogen and oxygen atoms in total. The number of carboxylic acid groups (broad SMARTS) is 1. The summed E-state index contributed by atoms with van der Waals surface area (Å²) in [6, 6.07) is 11.2. The van der Waals surface area contributed by atoms with Gasteiger partial charge in [-0.1, -0.05) is 18.2 Å². The van der Waals surface area contributed by atoms with Gasteiger partial charge in [-0.3, -0.25) is 9.69 Å². The Morgan fingerprint density at radius 1 is 1.14 bits per heavy atom. The van der Waals surface area contributed by atoms with Crippen LogP contribution in [0, 0.1) is 11.8 Å². The van der Waals surface area contributed by atoms with Gasteiger partial charge in [0, 0.05) is 35.7 Å². The molecule has 2 heterocycles. The van der Waals surface area contributed by atoms with E-state index in [-0.39, 0.29) is 35.8 Å². The smallest absolute Gasteiger partial charge is 0.404 e. The highest BCUT2D eigenvalue weighted by Gasteiger charge is 2.66. The zero-order valence-corrected chi connectivity index (χ0v) is 20.8. The van der Waals surface area contributed by atoms with Crippen LogP contribution in [-0.4, -0.2) is 58.4 Å². The summed E-state index contributed by atoms with van der Waals surface area (Å²) >= 11 is 0. The molecule has 2 aliphatic heterocycles. The van der Waals surface area contributed by atoms with Gasteiger partial charge in [0.05, 0.1) is 6.04 Å². The molecule has 37 heavy (non-hydrogen) atoms. The van der Waals surface area contributed by atoms with Crippen molar-refractivity contribution < 1.29 is 24.5 Å². The maximum absolute atomic E-state index is 13.4. The molecule has 0 radical (unpaired) electrons. The van der Waals surface area contributed by atoms with Crippen LogP contribution in [0.4, 0.5) is 4.79 Å². The quantitative estimate of drug-likeness (QED) is 0.481. The normalized spacial score (nSPS) is 31.2. The molecule has 3 fully saturated rings.